The third kappa shape index (κ3) is 5.74. The molecule has 0 atom stereocenters. The van der Waals surface area contributed by atoms with Gasteiger partial charge in [0, 0.05) is 0 Å². The second-order valence-electron chi connectivity index (χ2n) is 2.01. The quantitative estimate of drug-likeness (QED) is 0.575. The number of benzene rings is 1. The van der Waals surface area contributed by atoms with Crippen LogP contribution in [-0.4, -0.2) is 5.51 Å². The van der Waals surface area contributed by atoms with Crippen LogP contribution < -0.4 is 0 Å². The van der Waals surface area contributed by atoms with Crippen molar-refractivity contribution in [2.45, 2.75) is 5.51 Å². The highest BCUT2D eigenvalue weighted by Gasteiger charge is 2.54. The van der Waals surface area contributed by atoms with Crippen LogP contribution in [0.25, 0.3) is 0 Å². The molecule has 1 rings (SSSR count). The zero-order valence-electron chi connectivity index (χ0n) is 6.64. The minimum Gasteiger partial charge on any atom is -0.156 e. The largest absolute Gasteiger partial charge is 0.507 e. The van der Waals surface area contributed by atoms with Gasteiger partial charge >= 0.3 is 16.7 Å². The molecule has 0 spiro atoms. The minimum atomic E-state index is -6.84. The van der Waals surface area contributed by atoms with E-state index in [9.17, 15) is 24.8 Å². The first-order valence-corrected chi connectivity index (χ1v) is 4.57. The first-order chi connectivity index (χ1) is 6.25. The van der Waals surface area contributed by atoms with Gasteiger partial charge in [-0.05, 0) is 0 Å². The third-order valence-corrected chi connectivity index (χ3v) is 1.45. The number of hydrogen-bond acceptors (Lipinski definition) is 0. The van der Waals surface area contributed by atoms with Crippen molar-refractivity contribution < 1.29 is 24.8 Å². The molecule has 0 amide bonds. The Balaban J connectivity index is 0.000000249. The topological polar surface area (TPSA) is 0 Å². The smallest absolute Gasteiger partial charge is 0.156 e. The Morgan fingerprint density at radius 2 is 0.786 bits per heavy atom. The maximum Gasteiger partial charge on any atom is 0.507 e. The van der Waals surface area contributed by atoms with Crippen molar-refractivity contribution in [3.8, 4) is 0 Å². The van der Waals surface area contributed by atoms with E-state index in [1.807, 2.05) is 36.4 Å². The van der Waals surface area contributed by atoms with Gasteiger partial charge in [0.1, 0.15) is 0 Å². The molecule has 1 aromatic rings. The molecule has 14 heavy (non-hydrogen) atoms. The van der Waals surface area contributed by atoms with Crippen molar-refractivity contribution in [1.29, 1.82) is 0 Å². The molecule has 0 saturated carbocycles. The van der Waals surface area contributed by atoms with Gasteiger partial charge in [0.2, 0.25) is 0 Å². The highest BCUT2D eigenvalue weighted by molar-refractivity contribution is 8.21. The van der Waals surface area contributed by atoms with Crippen LogP contribution in [0.4, 0.5) is 24.8 Å². The second kappa shape index (κ2) is 5.14. The molecule has 0 unspecified atom stereocenters. The second-order valence-corrected chi connectivity index (χ2v) is 3.28. The molecular weight excluding hydrogens is 230 g/mol. The van der Waals surface area contributed by atoms with Crippen molar-refractivity contribution in [3.05, 3.63) is 36.4 Å². The van der Waals surface area contributed by atoms with Crippen LogP contribution >= 0.6 is 11.2 Å². The Bertz CT molecular complexity index is 200. The highest BCUT2D eigenvalue weighted by atomic mass is 32.3. The lowest BCUT2D eigenvalue weighted by Gasteiger charge is -2.11. The number of halogens is 6. The SMILES string of the molecule is FC(F)(F)S(F)(F)F.c1ccccc1. The van der Waals surface area contributed by atoms with Gasteiger partial charge in [0.25, 0.3) is 0 Å². The van der Waals surface area contributed by atoms with E-state index in [2.05, 4.69) is 0 Å². The summed E-state index contributed by atoms with van der Waals surface area (Å²) < 4.78 is 63.0. The first kappa shape index (κ1) is 13.2. The van der Waals surface area contributed by atoms with Gasteiger partial charge in [0.05, 0.1) is 0 Å². The summed E-state index contributed by atoms with van der Waals surface area (Å²) in [5.41, 5.74) is -5.98. The molecule has 1 aromatic carbocycles. The molecular formula is C7H6F6S. The lowest BCUT2D eigenvalue weighted by atomic mass is 10.4. The zero-order chi connectivity index (χ0) is 11.2. The van der Waals surface area contributed by atoms with Crippen LogP contribution in [0.5, 0.6) is 0 Å². The molecule has 0 aliphatic rings. The first-order valence-electron chi connectivity index (χ1n) is 3.23. The molecule has 0 saturated heterocycles. The van der Waals surface area contributed by atoms with Crippen molar-refractivity contribution in [2.75, 3.05) is 0 Å². The Morgan fingerprint density at radius 3 is 0.857 bits per heavy atom. The van der Waals surface area contributed by atoms with Crippen LogP contribution in [0, 0.1) is 0 Å². The molecule has 7 heteroatoms. The summed E-state index contributed by atoms with van der Waals surface area (Å²) in [7, 11) is 0. The molecule has 0 heterocycles. The Hall–Kier alpha value is -0.850. The summed E-state index contributed by atoms with van der Waals surface area (Å²) >= 11 is -6.84. The summed E-state index contributed by atoms with van der Waals surface area (Å²) in [6, 6.07) is 12.0. The van der Waals surface area contributed by atoms with Crippen molar-refractivity contribution >= 4 is 11.2 Å². The number of hydrogen-bond donors (Lipinski definition) is 0. The van der Waals surface area contributed by atoms with Crippen LogP contribution in [-0.2, 0) is 0 Å². The van der Waals surface area contributed by atoms with Crippen molar-refractivity contribution in [2.24, 2.45) is 0 Å². The molecule has 0 aliphatic carbocycles. The van der Waals surface area contributed by atoms with E-state index in [0.29, 0.717) is 0 Å². The summed E-state index contributed by atoms with van der Waals surface area (Å²) in [5.74, 6) is 0. The Kier molecular flexibility index (Phi) is 4.82. The van der Waals surface area contributed by atoms with Gasteiger partial charge in [-0.1, -0.05) is 36.4 Å². The molecule has 0 bridgehead atoms. The molecule has 0 aliphatic heterocycles. The number of alkyl halides is 3. The Morgan fingerprint density at radius 1 is 0.643 bits per heavy atom. The average Bonchev–Trinajstić information content (AvgIpc) is 2.05. The summed E-state index contributed by atoms with van der Waals surface area (Å²) in [6.07, 6.45) is 0. The molecule has 0 fully saturated rings. The maximum atomic E-state index is 10.5. The number of rotatable bonds is 0. The molecule has 0 aromatic heterocycles. The van der Waals surface area contributed by atoms with Crippen molar-refractivity contribution in [1.82, 2.24) is 0 Å². The lowest BCUT2D eigenvalue weighted by molar-refractivity contribution is -0.0511. The van der Waals surface area contributed by atoms with Gasteiger partial charge in [0.15, 0.2) is 0 Å². The van der Waals surface area contributed by atoms with Gasteiger partial charge in [-0.25, -0.2) is 0 Å². The minimum absolute atomic E-state index is 2.00. The predicted molar refractivity (Wildman–Crippen MR) is 43.4 cm³/mol. The average molecular weight is 236 g/mol. The monoisotopic (exact) mass is 236 g/mol. The summed E-state index contributed by atoms with van der Waals surface area (Å²) in [4.78, 5) is 0. The van der Waals surface area contributed by atoms with E-state index in [4.69, 9.17) is 0 Å². The molecule has 0 nitrogen and oxygen atoms in total. The zero-order valence-corrected chi connectivity index (χ0v) is 7.46. The van der Waals surface area contributed by atoms with E-state index in [-0.39, 0.29) is 0 Å². The van der Waals surface area contributed by atoms with Gasteiger partial charge in [-0.15, -0.1) is 11.7 Å². The molecule has 0 N–H and O–H groups in total. The van der Waals surface area contributed by atoms with Crippen LogP contribution in [0.2, 0.25) is 0 Å². The highest BCUT2D eigenvalue weighted by Crippen LogP contribution is 2.66. The predicted octanol–water partition coefficient (Wildman–Crippen LogP) is 4.65. The third-order valence-electron chi connectivity index (χ3n) is 0.929. The van der Waals surface area contributed by atoms with Crippen molar-refractivity contribution in [3.63, 3.8) is 0 Å². The van der Waals surface area contributed by atoms with Gasteiger partial charge in [-0.2, -0.15) is 13.2 Å². The molecule has 0 radical (unpaired) electrons. The van der Waals surface area contributed by atoms with E-state index in [1.165, 1.54) is 0 Å². The summed E-state index contributed by atoms with van der Waals surface area (Å²) in [6.45, 7) is 0. The fourth-order valence-corrected chi connectivity index (χ4v) is 0.385. The van der Waals surface area contributed by atoms with E-state index in [1.54, 1.807) is 0 Å². The maximum absolute atomic E-state index is 10.5. The molecule has 82 valence electrons. The van der Waals surface area contributed by atoms with Gasteiger partial charge < -0.3 is 0 Å². The summed E-state index contributed by atoms with van der Waals surface area (Å²) in [5, 5.41) is 0. The van der Waals surface area contributed by atoms with Gasteiger partial charge in [-0.3, -0.25) is 0 Å². The fraction of sp³-hybridized carbons (Fsp3) is 0.143. The van der Waals surface area contributed by atoms with Crippen LogP contribution in [0.3, 0.4) is 0 Å². The lowest BCUT2D eigenvalue weighted by Crippen LogP contribution is -2.07. The Labute approximate surface area is 78.7 Å². The van der Waals surface area contributed by atoms with Crippen LogP contribution in [0.15, 0.2) is 36.4 Å². The van der Waals surface area contributed by atoms with E-state index < -0.39 is 16.7 Å². The van der Waals surface area contributed by atoms with E-state index in [0.717, 1.165) is 0 Å². The van der Waals surface area contributed by atoms with E-state index >= 15 is 0 Å². The normalized spacial score (nSPS) is 12.7. The van der Waals surface area contributed by atoms with Crippen LogP contribution in [0.1, 0.15) is 0 Å². The standard InChI is InChI=1S/C6H6.CF6S/c1-2-4-6-5-3-1;2-1(3,4)8(5,6)7/h1-6H;. The fourth-order valence-electron chi connectivity index (χ4n) is 0.385.